The summed E-state index contributed by atoms with van der Waals surface area (Å²) in [5.74, 6) is 0.497. The molecule has 100 valence electrons. The summed E-state index contributed by atoms with van der Waals surface area (Å²) in [7, 11) is 0. The van der Waals surface area contributed by atoms with Crippen molar-refractivity contribution in [2.24, 2.45) is 0 Å². The van der Waals surface area contributed by atoms with Crippen LogP contribution in [0.15, 0.2) is 4.42 Å². The molecule has 1 aromatic rings. The Balaban J connectivity index is 2.74. The van der Waals surface area contributed by atoms with E-state index in [4.69, 9.17) is 4.42 Å². The largest absolute Gasteiger partial charge is 0.423 e. The van der Waals surface area contributed by atoms with E-state index < -0.39 is 0 Å². The first-order chi connectivity index (χ1) is 8.52. The first-order valence-corrected chi connectivity index (χ1v) is 6.11. The van der Waals surface area contributed by atoms with Crippen molar-refractivity contribution in [2.75, 3.05) is 0 Å². The number of amides is 1. The van der Waals surface area contributed by atoms with E-state index in [1.54, 1.807) is 0 Å². The summed E-state index contributed by atoms with van der Waals surface area (Å²) in [6, 6.07) is -0.268. The van der Waals surface area contributed by atoms with Gasteiger partial charge in [0, 0.05) is 6.92 Å². The van der Waals surface area contributed by atoms with E-state index >= 15 is 0 Å². The van der Waals surface area contributed by atoms with Crippen molar-refractivity contribution in [3.05, 3.63) is 11.8 Å². The van der Waals surface area contributed by atoms with Crippen LogP contribution in [0.1, 0.15) is 57.9 Å². The number of carbonyl (C=O) groups is 2. The number of hydrogen-bond donors (Lipinski definition) is 1. The van der Waals surface area contributed by atoms with Crippen molar-refractivity contribution in [2.45, 2.75) is 52.5 Å². The summed E-state index contributed by atoms with van der Waals surface area (Å²) >= 11 is 0. The summed E-state index contributed by atoms with van der Waals surface area (Å²) in [5, 5.41) is 10.5. The predicted molar refractivity (Wildman–Crippen MR) is 64.8 cm³/mol. The van der Waals surface area contributed by atoms with Crippen LogP contribution in [0.5, 0.6) is 0 Å². The highest BCUT2D eigenvalue weighted by Crippen LogP contribution is 2.18. The lowest BCUT2D eigenvalue weighted by Gasteiger charge is -2.12. The zero-order valence-corrected chi connectivity index (χ0v) is 11.0. The van der Waals surface area contributed by atoms with Crippen LogP contribution in [0.4, 0.5) is 0 Å². The number of carbonyl (C=O) groups excluding carboxylic acids is 2. The van der Waals surface area contributed by atoms with Crippen molar-refractivity contribution in [3.8, 4) is 0 Å². The molecule has 1 heterocycles. The van der Waals surface area contributed by atoms with Crippen LogP contribution >= 0.6 is 0 Å². The fraction of sp³-hybridized carbons (Fsp3) is 0.667. The quantitative estimate of drug-likeness (QED) is 0.797. The summed E-state index contributed by atoms with van der Waals surface area (Å²) in [6.07, 6.45) is 2.85. The highest BCUT2D eigenvalue weighted by molar-refractivity contribution is 5.77. The molecule has 6 nitrogen and oxygen atoms in total. The average molecular weight is 253 g/mol. The molecule has 0 fully saturated rings. The normalized spacial score (nSPS) is 12.2. The molecule has 1 N–H and O–H groups in total. The molecular formula is C12H19N3O3. The molecule has 6 heteroatoms. The topological polar surface area (TPSA) is 85.1 Å². The molecule has 0 aromatic carbocycles. The fourth-order valence-corrected chi connectivity index (χ4v) is 1.60. The molecule has 1 amide bonds. The van der Waals surface area contributed by atoms with Gasteiger partial charge in [-0.3, -0.25) is 9.59 Å². The molecule has 0 aliphatic carbocycles. The van der Waals surface area contributed by atoms with Crippen LogP contribution < -0.4 is 5.32 Å². The highest BCUT2D eigenvalue weighted by atomic mass is 16.4. The van der Waals surface area contributed by atoms with Gasteiger partial charge in [-0.1, -0.05) is 19.8 Å². The number of hydrogen-bond acceptors (Lipinski definition) is 5. The maximum atomic E-state index is 11.1. The molecule has 0 spiro atoms. The molecule has 0 saturated heterocycles. The SMILES string of the molecule is CCCCC(NC(C)=O)c1nnc(CC(C)=O)o1. The number of nitrogens with zero attached hydrogens (tertiary/aromatic N) is 2. The lowest BCUT2D eigenvalue weighted by Crippen LogP contribution is -2.26. The van der Waals surface area contributed by atoms with E-state index in [0.29, 0.717) is 11.8 Å². The van der Waals surface area contributed by atoms with Gasteiger partial charge >= 0.3 is 0 Å². The van der Waals surface area contributed by atoms with Gasteiger partial charge in [-0.15, -0.1) is 10.2 Å². The van der Waals surface area contributed by atoms with Gasteiger partial charge in [-0.2, -0.15) is 0 Å². The number of nitrogens with one attached hydrogen (secondary N) is 1. The molecule has 1 rings (SSSR count). The van der Waals surface area contributed by atoms with Gasteiger partial charge in [0.1, 0.15) is 11.8 Å². The standard InChI is InChI=1S/C12H19N3O3/c1-4-5-6-10(13-9(3)17)12-15-14-11(18-12)7-8(2)16/h10H,4-7H2,1-3H3,(H,13,17). The van der Waals surface area contributed by atoms with Crippen LogP contribution in [0.25, 0.3) is 0 Å². The predicted octanol–water partition coefficient (Wildman–Crippen LogP) is 1.57. The third-order valence-corrected chi connectivity index (χ3v) is 2.40. The Labute approximate surface area is 106 Å². The van der Waals surface area contributed by atoms with E-state index in [0.717, 1.165) is 19.3 Å². The fourth-order valence-electron chi connectivity index (χ4n) is 1.60. The second kappa shape index (κ2) is 6.88. The zero-order valence-electron chi connectivity index (χ0n) is 11.0. The molecule has 18 heavy (non-hydrogen) atoms. The monoisotopic (exact) mass is 253 g/mol. The smallest absolute Gasteiger partial charge is 0.238 e. The van der Waals surface area contributed by atoms with Gasteiger partial charge in [-0.05, 0) is 13.3 Å². The molecule has 0 aliphatic rings. The van der Waals surface area contributed by atoms with Crippen molar-refractivity contribution >= 4 is 11.7 Å². The summed E-state index contributed by atoms with van der Waals surface area (Å²) in [4.78, 5) is 22.1. The second-order valence-electron chi connectivity index (χ2n) is 4.31. The molecule has 1 atom stereocenters. The lowest BCUT2D eigenvalue weighted by molar-refractivity contribution is -0.120. The zero-order chi connectivity index (χ0) is 13.5. The molecule has 0 bridgehead atoms. The van der Waals surface area contributed by atoms with Crippen molar-refractivity contribution in [3.63, 3.8) is 0 Å². The summed E-state index contributed by atoms with van der Waals surface area (Å²) in [6.45, 7) is 4.98. The molecule has 0 radical (unpaired) electrons. The Bertz CT molecular complexity index is 414. The lowest BCUT2D eigenvalue weighted by atomic mass is 10.1. The number of rotatable bonds is 7. The Morgan fingerprint density at radius 2 is 2.06 bits per heavy atom. The Morgan fingerprint density at radius 1 is 1.33 bits per heavy atom. The van der Waals surface area contributed by atoms with Gasteiger partial charge in [0.2, 0.25) is 17.7 Å². The van der Waals surface area contributed by atoms with Crippen LogP contribution in [0.2, 0.25) is 0 Å². The van der Waals surface area contributed by atoms with E-state index in [9.17, 15) is 9.59 Å². The van der Waals surface area contributed by atoms with E-state index in [1.165, 1.54) is 13.8 Å². The Kier molecular flexibility index (Phi) is 5.48. The number of unbranched alkanes of at least 4 members (excludes halogenated alkanes) is 1. The molecule has 1 aromatic heterocycles. The molecule has 0 aliphatic heterocycles. The van der Waals surface area contributed by atoms with Gasteiger partial charge < -0.3 is 9.73 Å². The van der Waals surface area contributed by atoms with E-state index in [2.05, 4.69) is 22.4 Å². The third-order valence-electron chi connectivity index (χ3n) is 2.40. The number of ketones is 1. The van der Waals surface area contributed by atoms with Crippen molar-refractivity contribution < 1.29 is 14.0 Å². The second-order valence-corrected chi connectivity index (χ2v) is 4.31. The van der Waals surface area contributed by atoms with Gasteiger partial charge in [0.15, 0.2) is 0 Å². The number of aromatic nitrogens is 2. The van der Waals surface area contributed by atoms with Gasteiger partial charge in [0.05, 0.1) is 6.42 Å². The Hall–Kier alpha value is -1.72. The van der Waals surface area contributed by atoms with Gasteiger partial charge in [-0.25, -0.2) is 0 Å². The van der Waals surface area contributed by atoms with Crippen molar-refractivity contribution in [1.29, 1.82) is 0 Å². The molecular weight excluding hydrogens is 234 g/mol. The average Bonchev–Trinajstić information content (AvgIpc) is 2.71. The van der Waals surface area contributed by atoms with Gasteiger partial charge in [0.25, 0.3) is 0 Å². The summed E-state index contributed by atoms with van der Waals surface area (Å²) < 4.78 is 5.40. The first kappa shape index (κ1) is 14.3. The third kappa shape index (κ3) is 4.65. The summed E-state index contributed by atoms with van der Waals surface area (Å²) in [5.41, 5.74) is 0. The Morgan fingerprint density at radius 3 is 2.61 bits per heavy atom. The van der Waals surface area contributed by atoms with Crippen LogP contribution in [0, 0.1) is 0 Å². The maximum Gasteiger partial charge on any atom is 0.238 e. The first-order valence-electron chi connectivity index (χ1n) is 6.11. The van der Waals surface area contributed by atoms with Crippen molar-refractivity contribution in [1.82, 2.24) is 15.5 Å². The van der Waals surface area contributed by atoms with E-state index in [1.807, 2.05) is 0 Å². The van der Waals surface area contributed by atoms with Crippen LogP contribution in [0.3, 0.4) is 0 Å². The maximum absolute atomic E-state index is 11.1. The van der Waals surface area contributed by atoms with Crippen LogP contribution in [-0.4, -0.2) is 21.9 Å². The highest BCUT2D eigenvalue weighted by Gasteiger charge is 2.19. The molecule has 0 saturated carbocycles. The number of Topliss-reactive ketones (excluding diaryl/α,β-unsaturated/α-hetero) is 1. The molecule has 1 unspecified atom stereocenters. The minimum Gasteiger partial charge on any atom is -0.423 e. The van der Waals surface area contributed by atoms with Crippen LogP contribution in [-0.2, 0) is 16.0 Å². The minimum atomic E-state index is -0.268. The van der Waals surface area contributed by atoms with E-state index in [-0.39, 0.29) is 24.2 Å². The minimum absolute atomic E-state index is 0.0326.